The second-order valence-electron chi connectivity index (χ2n) is 1.11. The molecule has 0 saturated carbocycles. The normalized spacial score (nSPS) is 15.8. The van der Waals surface area contributed by atoms with Gasteiger partial charge in [0.15, 0.2) is 0 Å². The van der Waals surface area contributed by atoms with E-state index in [1.165, 1.54) is 0 Å². The van der Waals surface area contributed by atoms with E-state index in [9.17, 15) is 0 Å². The van der Waals surface area contributed by atoms with Gasteiger partial charge >= 0.3 is 0 Å². The van der Waals surface area contributed by atoms with Crippen LogP contribution in [0.25, 0.3) is 0 Å². The van der Waals surface area contributed by atoms with Crippen LogP contribution >= 0.6 is 0 Å². The van der Waals surface area contributed by atoms with Gasteiger partial charge in [-0.15, -0.1) is 10.2 Å². The Kier molecular flexibility index (Phi) is 0.592. The van der Waals surface area contributed by atoms with Crippen molar-refractivity contribution >= 4 is 11.6 Å². The van der Waals surface area contributed by atoms with Gasteiger partial charge in [-0.25, -0.2) is 0 Å². The summed E-state index contributed by atoms with van der Waals surface area (Å²) in [5.41, 5.74) is 0.926. The highest BCUT2D eigenvalue weighted by Gasteiger charge is 1.81. The minimum atomic E-state index is 0.926. The van der Waals surface area contributed by atoms with Crippen LogP contribution in [0.3, 0.4) is 0 Å². The molecule has 0 aromatic rings. The summed E-state index contributed by atoms with van der Waals surface area (Å²) in [5, 5.41) is 7.06. The lowest BCUT2D eigenvalue weighted by molar-refractivity contribution is 1.27. The van der Waals surface area contributed by atoms with Gasteiger partial charge in [-0.2, -0.15) is 0 Å². The van der Waals surface area contributed by atoms with E-state index in [2.05, 4.69) is 16.1 Å². The molecule has 0 fully saturated rings. The third-order valence-corrected chi connectivity index (χ3v) is 0.539. The lowest BCUT2D eigenvalue weighted by atomic mass is 10.4. The SMILES string of the molecule is CC1=NN=C=C1. The van der Waals surface area contributed by atoms with Crippen molar-refractivity contribution in [2.45, 2.75) is 6.92 Å². The maximum absolute atomic E-state index is 3.61. The van der Waals surface area contributed by atoms with Crippen LogP contribution in [-0.4, -0.2) is 11.6 Å². The third kappa shape index (κ3) is 0.374. The molecular formula is C4H4N2. The van der Waals surface area contributed by atoms with Gasteiger partial charge in [0, 0.05) is 11.9 Å². The lowest BCUT2D eigenvalue weighted by Gasteiger charge is -1.68. The third-order valence-electron chi connectivity index (χ3n) is 0.539. The molecule has 0 N–H and O–H groups in total. The van der Waals surface area contributed by atoms with Gasteiger partial charge in [-0.05, 0) is 6.92 Å². The molecule has 0 amide bonds. The zero-order chi connectivity index (χ0) is 4.41. The van der Waals surface area contributed by atoms with Crippen LogP contribution in [0.5, 0.6) is 0 Å². The Labute approximate surface area is 35.9 Å². The average molecular weight is 80.1 g/mol. The Balaban J connectivity index is 2.88. The Hall–Kier alpha value is -0.880. The Bertz CT molecular complexity index is 138. The Morgan fingerprint density at radius 3 is 2.83 bits per heavy atom. The molecule has 0 aromatic heterocycles. The Morgan fingerprint density at radius 1 is 1.83 bits per heavy atom. The largest absolute Gasteiger partial charge is 0.146 e. The first-order valence-corrected chi connectivity index (χ1v) is 1.72. The quantitative estimate of drug-likeness (QED) is 0.407. The average Bonchev–Trinajstić information content (AvgIpc) is 1.86. The van der Waals surface area contributed by atoms with E-state index in [1.807, 2.05) is 6.92 Å². The molecule has 0 unspecified atom stereocenters. The van der Waals surface area contributed by atoms with Crippen molar-refractivity contribution in [3.63, 3.8) is 0 Å². The van der Waals surface area contributed by atoms with E-state index < -0.39 is 0 Å². The zero-order valence-corrected chi connectivity index (χ0v) is 3.47. The number of hydrogen-bond acceptors (Lipinski definition) is 2. The molecule has 0 spiro atoms. The molecular weight excluding hydrogens is 76.1 g/mol. The van der Waals surface area contributed by atoms with Gasteiger partial charge < -0.3 is 0 Å². The van der Waals surface area contributed by atoms with Crippen LogP contribution < -0.4 is 0 Å². The summed E-state index contributed by atoms with van der Waals surface area (Å²) in [6.45, 7) is 1.88. The van der Waals surface area contributed by atoms with Crippen LogP contribution in [0, 0.1) is 0 Å². The number of hydrogen-bond donors (Lipinski definition) is 0. The molecule has 0 atom stereocenters. The van der Waals surface area contributed by atoms with Crippen LogP contribution in [0.15, 0.2) is 16.3 Å². The number of nitrogens with zero attached hydrogens (tertiary/aromatic N) is 2. The molecule has 0 bridgehead atoms. The fourth-order valence-corrected chi connectivity index (χ4v) is 0.259. The smallest absolute Gasteiger partial charge is 0.0700 e. The summed E-state index contributed by atoms with van der Waals surface area (Å²) >= 11 is 0. The van der Waals surface area contributed by atoms with E-state index in [1.54, 1.807) is 6.08 Å². The van der Waals surface area contributed by atoms with Crippen molar-refractivity contribution in [1.29, 1.82) is 0 Å². The van der Waals surface area contributed by atoms with E-state index in [4.69, 9.17) is 0 Å². The van der Waals surface area contributed by atoms with E-state index in [-0.39, 0.29) is 0 Å². The van der Waals surface area contributed by atoms with E-state index in [0.717, 1.165) is 5.71 Å². The molecule has 1 aliphatic heterocycles. The van der Waals surface area contributed by atoms with Gasteiger partial charge in [0.1, 0.15) is 0 Å². The topological polar surface area (TPSA) is 24.7 Å². The number of rotatable bonds is 0. The standard InChI is InChI=1S/C4H4N2/c1-4-2-3-5-6-4/h2H,1H3. The summed E-state index contributed by atoms with van der Waals surface area (Å²) in [6.07, 6.45) is 1.74. The van der Waals surface area contributed by atoms with Crippen molar-refractivity contribution in [1.82, 2.24) is 0 Å². The molecule has 0 aromatic carbocycles. The van der Waals surface area contributed by atoms with Crippen molar-refractivity contribution in [3.8, 4) is 0 Å². The summed E-state index contributed by atoms with van der Waals surface area (Å²) in [5.74, 6) is 2.57. The minimum Gasteiger partial charge on any atom is -0.146 e. The van der Waals surface area contributed by atoms with Crippen molar-refractivity contribution in [2.75, 3.05) is 0 Å². The van der Waals surface area contributed by atoms with Crippen molar-refractivity contribution in [2.24, 2.45) is 10.2 Å². The van der Waals surface area contributed by atoms with E-state index >= 15 is 0 Å². The molecule has 2 nitrogen and oxygen atoms in total. The first kappa shape index (κ1) is 3.32. The van der Waals surface area contributed by atoms with Crippen LogP contribution in [0.4, 0.5) is 0 Å². The fraction of sp³-hybridized carbons (Fsp3) is 0.250. The molecule has 0 radical (unpaired) electrons. The van der Waals surface area contributed by atoms with Crippen molar-refractivity contribution < 1.29 is 0 Å². The highest BCUT2D eigenvalue weighted by Crippen LogP contribution is 1.82. The molecule has 30 valence electrons. The summed E-state index contributed by atoms with van der Waals surface area (Å²) in [7, 11) is 0. The summed E-state index contributed by atoms with van der Waals surface area (Å²) in [6, 6.07) is 0. The fourth-order valence-electron chi connectivity index (χ4n) is 0.259. The number of allylic oxidation sites excluding steroid dienone is 1. The minimum absolute atomic E-state index is 0.926. The highest BCUT2D eigenvalue weighted by atomic mass is 15.2. The maximum atomic E-state index is 3.61. The Morgan fingerprint density at radius 2 is 2.67 bits per heavy atom. The van der Waals surface area contributed by atoms with Gasteiger partial charge in [0.2, 0.25) is 0 Å². The highest BCUT2D eigenvalue weighted by molar-refractivity contribution is 6.01. The van der Waals surface area contributed by atoms with Crippen LogP contribution in [-0.2, 0) is 0 Å². The molecule has 1 heterocycles. The first-order chi connectivity index (χ1) is 2.89. The summed E-state index contributed by atoms with van der Waals surface area (Å²) in [4.78, 5) is 0. The monoisotopic (exact) mass is 80.0 g/mol. The molecule has 6 heavy (non-hydrogen) atoms. The van der Waals surface area contributed by atoms with E-state index in [0.29, 0.717) is 0 Å². The predicted octanol–water partition coefficient (Wildman–Crippen LogP) is 0.602. The van der Waals surface area contributed by atoms with Crippen LogP contribution in [0.2, 0.25) is 0 Å². The molecule has 0 saturated heterocycles. The lowest BCUT2D eigenvalue weighted by Crippen LogP contribution is -1.74. The second-order valence-corrected chi connectivity index (χ2v) is 1.11. The first-order valence-electron chi connectivity index (χ1n) is 1.72. The second kappa shape index (κ2) is 1.07. The van der Waals surface area contributed by atoms with Gasteiger partial charge in [0.05, 0.1) is 5.71 Å². The maximum Gasteiger partial charge on any atom is 0.0700 e. The van der Waals surface area contributed by atoms with Crippen LogP contribution in [0.1, 0.15) is 6.92 Å². The predicted molar refractivity (Wildman–Crippen MR) is 25.1 cm³/mol. The molecule has 2 heteroatoms. The molecule has 1 rings (SSSR count). The van der Waals surface area contributed by atoms with Gasteiger partial charge in [-0.3, -0.25) is 0 Å². The molecule has 0 aliphatic carbocycles. The van der Waals surface area contributed by atoms with Gasteiger partial charge in [0.25, 0.3) is 0 Å². The molecule has 1 aliphatic rings. The van der Waals surface area contributed by atoms with Crippen molar-refractivity contribution in [3.05, 3.63) is 6.08 Å². The van der Waals surface area contributed by atoms with Gasteiger partial charge in [-0.1, -0.05) is 0 Å². The zero-order valence-electron chi connectivity index (χ0n) is 3.47. The summed E-state index contributed by atoms with van der Waals surface area (Å²) < 4.78 is 0.